The third-order valence-corrected chi connectivity index (χ3v) is 11.5. The van der Waals surface area contributed by atoms with Crippen molar-refractivity contribution in [3.8, 4) is 0 Å². The van der Waals surface area contributed by atoms with Crippen molar-refractivity contribution in [3.63, 3.8) is 0 Å². The van der Waals surface area contributed by atoms with Gasteiger partial charge < -0.3 is 28.4 Å². The first-order valence-corrected chi connectivity index (χ1v) is 24.7. The Bertz CT molecular complexity index is 1410. The number of carbonyl (C=O) groups excluding carboxylic acids is 2. The number of hydrogen-bond donors (Lipinski definition) is 2. The van der Waals surface area contributed by atoms with Gasteiger partial charge in [0.25, 0.3) is 0 Å². The lowest BCUT2D eigenvalue weighted by molar-refractivity contribution is -0.870. The zero-order valence-corrected chi connectivity index (χ0v) is 39.7. The fourth-order valence-electron chi connectivity index (χ4n) is 6.55. The Hall–Kier alpha value is -2.53. The highest BCUT2D eigenvalue weighted by atomic mass is 31.2. The minimum Gasteiger partial charge on any atom is -0.466 e. The van der Waals surface area contributed by atoms with Crippen LogP contribution in [0.15, 0.2) is 40.9 Å². The van der Waals surface area contributed by atoms with Gasteiger partial charge in [-0.25, -0.2) is 4.57 Å². The van der Waals surface area contributed by atoms with Gasteiger partial charge in [0.15, 0.2) is 6.10 Å². The van der Waals surface area contributed by atoms with Crippen molar-refractivity contribution in [1.29, 1.82) is 0 Å². The van der Waals surface area contributed by atoms with Crippen LogP contribution in [0.3, 0.4) is 0 Å². The summed E-state index contributed by atoms with van der Waals surface area (Å²) in [6.07, 6.45) is 31.8. The molecule has 1 rings (SSSR count). The Morgan fingerprint density at radius 1 is 0.717 bits per heavy atom. The molecule has 346 valence electrons. The second kappa shape index (κ2) is 34.0. The van der Waals surface area contributed by atoms with E-state index in [1.54, 1.807) is 0 Å². The summed E-state index contributed by atoms with van der Waals surface area (Å²) in [5, 5.41) is 10.2. The Kier molecular flexibility index (Phi) is 31.5. The van der Waals surface area contributed by atoms with Gasteiger partial charge in [0.2, 0.25) is 0 Å². The Morgan fingerprint density at radius 3 is 1.88 bits per heavy atom. The van der Waals surface area contributed by atoms with E-state index in [0.29, 0.717) is 30.3 Å². The number of unbranched alkanes of at least 4 members (excludes halogenated alkanes) is 13. The Balaban J connectivity index is 2.38. The summed E-state index contributed by atoms with van der Waals surface area (Å²) < 4.78 is 40.6. The number of aliphatic hydroxyl groups is 1. The van der Waals surface area contributed by atoms with Gasteiger partial charge in [0, 0.05) is 25.7 Å². The zero-order chi connectivity index (χ0) is 44.5. The molecule has 0 bridgehead atoms. The molecule has 11 nitrogen and oxygen atoms in total. The summed E-state index contributed by atoms with van der Waals surface area (Å²) in [5.41, 5.74) is 2.64. The molecule has 0 fully saturated rings. The third-order valence-electron chi connectivity index (χ3n) is 10.5. The van der Waals surface area contributed by atoms with Crippen molar-refractivity contribution in [2.45, 2.75) is 188 Å². The van der Waals surface area contributed by atoms with E-state index in [1.165, 1.54) is 49.0 Å². The van der Waals surface area contributed by atoms with E-state index in [9.17, 15) is 24.2 Å². The van der Waals surface area contributed by atoms with Crippen LogP contribution in [-0.2, 0) is 45.5 Å². The Morgan fingerprint density at radius 2 is 1.28 bits per heavy atom. The van der Waals surface area contributed by atoms with E-state index in [0.717, 1.165) is 89.2 Å². The fraction of sp³-hybridized carbons (Fsp3) is 0.750. The van der Waals surface area contributed by atoms with Crippen LogP contribution in [0.4, 0.5) is 0 Å². The molecule has 1 aromatic heterocycles. The monoisotopic (exact) mass is 867 g/mol. The van der Waals surface area contributed by atoms with Crippen molar-refractivity contribution in [3.05, 3.63) is 59.1 Å². The highest BCUT2D eigenvalue weighted by molar-refractivity contribution is 7.47. The van der Waals surface area contributed by atoms with Crippen molar-refractivity contribution in [2.24, 2.45) is 0 Å². The van der Waals surface area contributed by atoms with Gasteiger partial charge in [-0.1, -0.05) is 127 Å². The first-order valence-electron chi connectivity index (χ1n) is 23.2. The third kappa shape index (κ3) is 30.5. The molecule has 1 heterocycles. The zero-order valence-electron chi connectivity index (χ0n) is 38.8. The number of esters is 2. The number of rotatable bonds is 38. The molecule has 0 aliphatic carbocycles. The van der Waals surface area contributed by atoms with Gasteiger partial charge in [-0.2, -0.15) is 0 Å². The molecule has 0 saturated heterocycles. The lowest BCUT2D eigenvalue weighted by atomic mass is 10.0. The normalized spacial score (nSPS) is 14.3. The standard InChI is InChI=1S/C48H84NO10P/c1-8-10-12-13-16-20-26-31-43(50)32-27-21-19-24-29-35-47(51)55-39-44(40-57-60(53,54)56-38-37-49(5,6)7)58-48(52)36-30-23-18-15-14-17-22-28-34-46-42(4)41(3)45(59-46)33-25-11-9-2/h10,12,16,20,26,31,43-44,50H,8-9,11,13-15,17-19,21-25,27-30,32-40H2,1-7H3/p+1/b12-10+,20-16+,31-26+/t43?,44-/m1/s1. The number of phosphoric acid groups is 1. The molecule has 0 saturated carbocycles. The number of ether oxygens (including phenoxy) is 2. The summed E-state index contributed by atoms with van der Waals surface area (Å²) in [4.78, 5) is 35.5. The summed E-state index contributed by atoms with van der Waals surface area (Å²) >= 11 is 0. The minimum atomic E-state index is -4.41. The van der Waals surface area contributed by atoms with E-state index in [4.69, 9.17) is 22.9 Å². The molecule has 60 heavy (non-hydrogen) atoms. The van der Waals surface area contributed by atoms with Crippen LogP contribution in [0.2, 0.25) is 0 Å². The van der Waals surface area contributed by atoms with Gasteiger partial charge in [-0.15, -0.1) is 0 Å². The van der Waals surface area contributed by atoms with Gasteiger partial charge in [0.05, 0.1) is 33.9 Å². The van der Waals surface area contributed by atoms with Crippen LogP contribution < -0.4 is 0 Å². The first-order chi connectivity index (χ1) is 28.7. The molecule has 2 N–H and O–H groups in total. The van der Waals surface area contributed by atoms with Crippen LogP contribution in [0.1, 0.15) is 171 Å². The van der Waals surface area contributed by atoms with Crippen LogP contribution in [0.5, 0.6) is 0 Å². The molecule has 2 unspecified atom stereocenters. The molecule has 1 aromatic rings. The number of carbonyl (C=O) groups is 2. The quantitative estimate of drug-likeness (QED) is 0.0165. The number of hydrogen-bond acceptors (Lipinski definition) is 9. The van der Waals surface area contributed by atoms with E-state index < -0.39 is 38.6 Å². The van der Waals surface area contributed by atoms with Crippen molar-refractivity contribution in [2.75, 3.05) is 47.5 Å². The van der Waals surface area contributed by atoms with Crippen LogP contribution >= 0.6 is 7.82 Å². The first kappa shape index (κ1) is 55.5. The maximum Gasteiger partial charge on any atom is 0.472 e. The van der Waals surface area contributed by atoms with Crippen LogP contribution in [0.25, 0.3) is 0 Å². The minimum absolute atomic E-state index is 0.00769. The van der Waals surface area contributed by atoms with Crippen molar-refractivity contribution in [1.82, 2.24) is 0 Å². The topological polar surface area (TPSA) is 142 Å². The van der Waals surface area contributed by atoms with Crippen molar-refractivity contribution < 1.29 is 51.6 Å². The number of quaternary nitrogens is 1. The van der Waals surface area contributed by atoms with Crippen LogP contribution in [-0.4, -0.2) is 86.1 Å². The number of furan rings is 1. The fourth-order valence-corrected chi connectivity index (χ4v) is 7.29. The highest BCUT2D eigenvalue weighted by Gasteiger charge is 2.27. The van der Waals surface area contributed by atoms with Gasteiger partial charge >= 0.3 is 19.8 Å². The van der Waals surface area contributed by atoms with Gasteiger partial charge in [-0.3, -0.25) is 18.6 Å². The molecule has 0 radical (unpaired) electrons. The maximum absolute atomic E-state index is 12.8. The molecule has 0 aliphatic rings. The maximum atomic E-state index is 12.8. The van der Waals surface area contributed by atoms with E-state index in [1.807, 2.05) is 39.4 Å². The molecule has 0 aliphatic heterocycles. The second-order valence-corrected chi connectivity index (χ2v) is 18.6. The van der Waals surface area contributed by atoms with E-state index >= 15 is 0 Å². The smallest absolute Gasteiger partial charge is 0.466 e. The molecule has 3 atom stereocenters. The predicted molar refractivity (Wildman–Crippen MR) is 243 cm³/mol. The molecule has 0 amide bonds. The number of phosphoric ester groups is 1. The molecule has 0 aromatic carbocycles. The lowest BCUT2D eigenvalue weighted by Crippen LogP contribution is -2.37. The summed E-state index contributed by atoms with van der Waals surface area (Å²) in [7, 11) is 1.40. The van der Waals surface area contributed by atoms with Crippen molar-refractivity contribution >= 4 is 19.8 Å². The second-order valence-electron chi connectivity index (χ2n) is 17.2. The summed E-state index contributed by atoms with van der Waals surface area (Å²) in [6, 6.07) is 0. The van der Waals surface area contributed by atoms with Gasteiger partial charge in [-0.05, 0) is 69.9 Å². The number of aryl methyl sites for hydroxylation is 2. The Labute approximate surface area is 364 Å². The summed E-state index contributed by atoms with van der Waals surface area (Å²) in [6.45, 7) is 8.47. The summed E-state index contributed by atoms with van der Waals surface area (Å²) in [5.74, 6) is 1.43. The van der Waals surface area contributed by atoms with Crippen LogP contribution in [0, 0.1) is 13.8 Å². The van der Waals surface area contributed by atoms with E-state index in [2.05, 4.69) is 45.9 Å². The van der Waals surface area contributed by atoms with E-state index in [-0.39, 0.29) is 26.1 Å². The molecule has 12 heteroatoms. The number of nitrogens with zero attached hydrogens (tertiary/aromatic N) is 1. The largest absolute Gasteiger partial charge is 0.472 e. The highest BCUT2D eigenvalue weighted by Crippen LogP contribution is 2.43. The average molecular weight is 867 g/mol. The molecular formula is C48H85NO10P+. The number of allylic oxidation sites excluding steroid dienone is 5. The molecular weight excluding hydrogens is 781 g/mol. The predicted octanol–water partition coefficient (Wildman–Crippen LogP) is 11.5. The molecule has 0 spiro atoms. The number of likely N-dealkylation sites (N-methyl/N-ethyl adjacent to an activating group) is 1. The average Bonchev–Trinajstić information content (AvgIpc) is 3.46. The van der Waals surface area contributed by atoms with Gasteiger partial charge in [0.1, 0.15) is 31.3 Å². The SMILES string of the molecule is CC/C=C/C/C=C/C=C/C(O)CCCCCCCC(=O)OC[C@H](COP(=O)(O)OCC[N+](C)(C)C)OC(=O)CCCCCCCCCCc1oc(CCCCC)c(C)c1C. The lowest BCUT2D eigenvalue weighted by Gasteiger charge is -2.24. The number of aliphatic hydroxyl groups excluding tert-OH is 1.